The number of nitrogens with zero attached hydrogens (tertiary/aromatic N) is 1. The molecule has 0 aromatic carbocycles. The SMILES string of the molecule is CNC1CCC(N(C)S(=O)(=O)NC)CC1. The summed E-state index contributed by atoms with van der Waals surface area (Å²) in [5.74, 6) is 0. The maximum Gasteiger partial charge on any atom is 0.279 e. The predicted molar refractivity (Wildman–Crippen MR) is 60.8 cm³/mol. The van der Waals surface area contributed by atoms with E-state index in [0.717, 1.165) is 25.7 Å². The van der Waals surface area contributed by atoms with Gasteiger partial charge in [-0.1, -0.05) is 0 Å². The van der Waals surface area contributed by atoms with E-state index in [4.69, 9.17) is 0 Å². The Kier molecular flexibility index (Phi) is 4.51. The summed E-state index contributed by atoms with van der Waals surface area (Å²) >= 11 is 0. The van der Waals surface area contributed by atoms with E-state index in [9.17, 15) is 8.42 Å². The Hall–Kier alpha value is -0.170. The van der Waals surface area contributed by atoms with Gasteiger partial charge in [0.25, 0.3) is 10.2 Å². The number of hydrogen-bond acceptors (Lipinski definition) is 3. The second-order valence-corrected chi connectivity index (χ2v) is 5.95. The molecule has 5 nitrogen and oxygen atoms in total. The monoisotopic (exact) mass is 235 g/mol. The van der Waals surface area contributed by atoms with Crippen molar-refractivity contribution in [1.82, 2.24) is 14.3 Å². The third-order valence-corrected chi connectivity index (χ3v) is 4.83. The maximum atomic E-state index is 11.5. The molecule has 0 aromatic rings. The molecule has 1 fully saturated rings. The van der Waals surface area contributed by atoms with Gasteiger partial charge in [-0.05, 0) is 32.7 Å². The van der Waals surface area contributed by atoms with Gasteiger partial charge in [0, 0.05) is 26.2 Å². The molecule has 0 amide bonds. The van der Waals surface area contributed by atoms with Crippen LogP contribution in [0.4, 0.5) is 0 Å². The van der Waals surface area contributed by atoms with Gasteiger partial charge in [0.15, 0.2) is 0 Å². The van der Waals surface area contributed by atoms with E-state index in [2.05, 4.69) is 10.0 Å². The van der Waals surface area contributed by atoms with Crippen LogP contribution in [0.25, 0.3) is 0 Å². The van der Waals surface area contributed by atoms with Crippen molar-refractivity contribution in [2.24, 2.45) is 0 Å². The molecule has 15 heavy (non-hydrogen) atoms. The largest absolute Gasteiger partial charge is 0.317 e. The lowest BCUT2D eigenvalue weighted by Crippen LogP contribution is -2.46. The maximum absolute atomic E-state index is 11.5. The summed E-state index contributed by atoms with van der Waals surface area (Å²) in [7, 11) is 1.80. The zero-order valence-electron chi connectivity index (χ0n) is 9.66. The van der Waals surface area contributed by atoms with Crippen LogP contribution in [0.5, 0.6) is 0 Å². The average Bonchev–Trinajstić information content (AvgIpc) is 2.28. The van der Waals surface area contributed by atoms with E-state index < -0.39 is 10.2 Å². The normalized spacial score (nSPS) is 28.3. The fourth-order valence-corrected chi connectivity index (χ4v) is 2.96. The fourth-order valence-electron chi connectivity index (χ4n) is 2.07. The molecular weight excluding hydrogens is 214 g/mol. The molecule has 0 aliphatic heterocycles. The summed E-state index contributed by atoms with van der Waals surface area (Å²) in [5.41, 5.74) is 0. The molecule has 0 atom stereocenters. The summed E-state index contributed by atoms with van der Waals surface area (Å²) < 4.78 is 26.9. The van der Waals surface area contributed by atoms with E-state index in [0.29, 0.717) is 6.04 Å². The van der Waals surface area contributed by atoms with Gasteiger partial charge in [0.1, 0.15) is 0 Å². The summed E-state index contributed by atoms with van der Waals surface area (Å²) in [6.45, 7) is 0. The van der Waals surface area contributed by atoms with E-state index in [-0.39, 0.29) is 6.04 Å². The lowest BCUT2D eigenvalue weighted by atomic mass is 9.91. The Labute approximate surface area is 92.4 Å². The molecule has 6 heteroatoms. The highest BCUT2D eigenvalue weighted by atomic mass is 32.2. The van der Waals surface area contributed by atoms with Crippen molar-refractivity contribution >= 4 is 10.2 Å². The Morgan fingerprint density at radius 2 is 1.67 bits per heavy atom. The molecule has 0 heterocycles. The van der Waals surface area contributed by atoms with Crippen molar-refractivity contribution in [3.05, 3.63) is 0 Å². The highest BCUT2D eigenvalue weighted by molar-refractivity contribution is 7.87. The quantitative estimate of drug-likeness (QED) is 0.716. The minimum absolute atomic E-state index is 0.145. The van der Waals surface area contributed by atoms with Crippen molar-refractivity contribution < 1.29 is 8.42 Å². The molecule has 1 saturated carbocycles. The van der Waals surface area contributed by atoms with Crippen LogP contribution in [-0.2, 0) is 10.2 Å². The molecule has 0 saturated heterocycles. The minimum Gasteiger partial charge on any atom is -0.317 e. The molecule has 0 bridgehead atoms. The van der Waals surface area contributed by atoms with Gasteiger partial charge in [-0.3, -0.25) is 0 Å². The predicted octanol–water partition coefficient (Wildman–Crippen LogP) is -0.0870. The average molecular weight is 235 g/mol. The summed E-state index contributed by atoms with van der Waals surface area (Å²) in [6, 6.07) is 0.694. The molecule has 0 unspecified atom stereocenters. The lowest BCUT2D eigenvalue weighted by molar-refractivity contribution is 0.253. The van der Waals surface area contributed by atoms with Crippen molar-refractivity contribution in [1.29, 1.82) is 0 Å². The van der Waals surface area contributed by atoms with Crippen LogP contribution in [0.2, 0.25) is 0 Å². The molecule has 0 radical (unpaired) electrons. The Morgan fingerprint density at radius 1 is 1.13 bits per heavy atom. The number of hydrogen-bond donors (Lipinski definition) is 2. The van der Waals surface area contributed by atoms with Crippen LogP contribution in [0.3, 0.4) is 0 Å². The first-order valence-electron chi connectivity index (χ1n) is 5.35. The summed E-state index contributed by atoms with van der Waals surface area (Å²) in [4.78, 5) is 0. The van der Waals surface area contributed by atoms with Crippen LogP contribution >= 0.6 is 0 Å². The first-order valence-corrected chi connectivity index (χ1v) is 6.79. The van der Waals surface area contributed by atoms with Gasteiger partial charge in [-0.25, -0.2) is 4.72 Å². The van der Waals surface area contributed by atoms with Crippen LogP contribution in [0.15, 0.2) is 0 Å². The van der Waals surface area contributed by atoms with Crippen LogP contribution in [0.1, 0.15) is 25.7 Å². The second-order valence-electron chi connectivity index (χ2n) is 4.02. The molecular formula is C9H21N3O2S. The standard InChI is InChI=1S/C9H21N3O2S/c1-10-8-4-6-9(7-5-8)12(3)15(13,14)11-2/h8-11H,4-7H2,1-3H3. The molecule has 90 valence electrons. The summed E-state index contributed by atoms with van der Waals surface area (Å²) in [5, 5.41) is 3.23. The van der Waals surface area contributed by atoms with Crippen molar-refractivity contribution in [3.63, 3.8) is 0 Å². The van der Waals surface area contributed by atoms with E-state index in [1.807, 2.05) is 7.05 Å². The first-order chi connectivity index (χ1) is 7.01. The van der Waals surface area contributed by atoms with E-state index in [1.165, 1.54) is 11.4 Å². The molecule has 1 rings (SSSR count). The van der Waals surface area contributed by atoms with Gasteiger partial charge >= 0.3 is 0 Å². The molecule has 0 spiro atoms. The van der Waals surface area contributed by atoms with Crippen LogP contribution < -0.4 is 10.0 Å². The van der Waals surface area contributed by atoms with Gasteiger partial charge in [0.05, 0.1) is 0 Å². The smallest absolute Gasteiger partial charge is 0.279 e. The summed E-state index contributed by atoms with van der Waals surface area (Å²) in [6.07, 6.45) is 3.96. The van der Waals surface area contributed by atoms with Gasteiger partial charge in [-0.2, -0.15) is 12.7 Å². The second kappa shape index (κ2) is 5.25. The fraction of sp³-hybridized carbons (Fsp3) is 1.00. The Bertz CT molecular complexity index is 284. The highest BCUT2D eigenvalue weighted by Crippen LogP contribution is 2.23. The zero-order chi connectivity index (χ0) is 11.5. The lowest BCUT2D eigenvalue weighted by Gasteiger charge is -2.33. The Morgan fingerprint density at radius 3 is 2.07 bits per heavy atom. The third-order valence-electron chi connectivity index (χ3n) is 3.26. The number of rotatable bonds is 4. The van der Waals surface area contributed by atoms with E-state index in [1.54, 1.807) is 7.05 Å². The first kappa shape index (κ1) is 12.9. The van der Waals surface area contributed by atoms with Crippen molar-refractivity contribution in [2.45, 2.75) is 37.8 Å². The van der Waals surface area contributed by atoms with E-state index >= 15 is 0 Å². The van der Waals surface area contributed by atoms with Crippen molar-refractivity contribution in [3.8, 4) is 0 Å². The molecule has 1 aliphatic carbocycles. The molecule has 1 aliphatic rings. The van der Waals surface area contributed by atoms with Crippen molar-refractivity contribution in [2.75, 3.05) is 21.1 Å². The Balaban J connectivity index is 2.53. The highest BCUT2D eigenvalue weighted by Gasteiger charge is 2.28. The molecule has 2 N–H and O–H groups in total. The topological polar surface area (TPSA) is 61.4 Å². The van der Waals surface area contributed by atoms with Crippen LogP contribution in [0, 0.1) is 0 Å². The number of nitrogens with one attached hydrogen (secondary N) is 2. The van der Waals surface area contributed by atoms with Crippen LogP contribution in [-0.4, -0.2) is 45.9 Å². The van der Waals surface area contributed by atoms with Gasteiger partial charge in [-0.15, -0.1) is 0 Å². The van der Waals surface area contributed by atoms with Gasteiger partial charge < -0.3 is 5.32 Å². The minimum atomic E-state index is -3.26. The third kappa shape index (κ3) is 3.14. The zero-order valence-corrected chi connectivity index (χ0v) is 10.5. The molecule has 0 aromatic heterocycles. The van der Waals surface area contributed by atoms with Gasteiger partial charge in [0.2, 0.25) is 0 Å².